The molecular weight excluding hydrogens is 393 g/mol. The van der Waals surface area contributed by atoms with Crippen molar-refractivity contribution in [1.82, 2.24) is 14.3 Å². The summed E-state index contributed by atoms with van der Waals surface area (Å²) >= 11 is 0. The van der Waals surface area contributed by atoms with E-state index in [1.165, 1.54) is 5.56 Å². The highest BCUT2D eigenvalue weighted by molar-refractivity contribution is 5.96. The first-order valence-electron chi connectivity index (χ1n) is 10.8. The van der Waals surface area contributed by atoms with E-state index in [-0.39, 0.29) is 12.6 Å². The average Bonchev–Trinajstić information content (AvgIpc) is 3.07. The first-order chi connectivity index (χ1) is 15.2. The van der Waals surface area contributed by atoms with Crippen molar-refractivity contribution in [3.63, 3.8) is 0 Å². The topological polar surface area (TPSA) is 46.8 Å². The molecule has 3 heterocycles. The van der Waals surface area contributed by atoms with E-state index in [2.05, 4.69) is 29.2 Å². The molecule has 0 bridgehead atoms. The molecule has 1 fully saturated rings. The van der Waals surface area contributed by atoms with Crippen LogP contribution in [0.1, 0.15) is 35.2 Å². The van der Waals surface area contributed by atoms with Gasteiger partial charge in [-0.1, -0.05) is 6.07 Å². The minimum atomic E-state index is -0.244. The van der Waals surface area contributed by atoms with Gasteiger partial charge in [0.2, 0.25) is 0 Å². The van der Waals surface area contributed by atoms with Gasteiger partial charge in [0.15, 0.2) is 0 Å². The van der Waals surface area contributed by atoms with Gasteiger partial charge in [-0.3, -0.25) is 14.1 Å². The van der Waals surface area contributed by atoms with Crippen molar-refractivity contribution in [2.24, 2.45) is 5.92 Å². The molecule has 1 saturated heterocycles. The second-order valence-corrected chi connectivity index (χ2v) is 8.52. The summed E-state index contributed by atoms with van der Waals surface area (Å²) in [5.74, 6) is 1.01. The summed E-state index contributed by atoms with van der Waals surface area (Å²) in [6.45, 7) is 2.09. The number of rotatable bonds is 6. The number of aryl methyl sites for hydroxylation is 1. The lowest BCUT2D eigenvalue weighted by atomic mass is 9.91. The van der Waals surface area contributed by atoms with Gasteiger partial charge >= 0.3 is 0 Å². The number of benzene rings is 1. The van der Waals surface area contributed by atoms with E-state index in [1.807, 2.05) is 22.9 Å². The van der Waals surface area contributed by atoms with E-state index >= 15 is 0 Å². The largest absolute Gasteiger partial charge is 0.497 e. The summed E-state index contributed by atoms with van der Waals surface area (Å²) in [6, 6.07) is 10.2. The number of aldehydes is 1. The molecule has 0 spiro atoms. The van der Waals surface area contributed by atoms with Crippen molar-refractivity contribution in [3.8, 4) is 5.75 Å². The zero-order chi connectivity index (χ0) is 21.4. The monoisotopic (exact) mass is 419 g/mol. The van der Waals surface area contributed by atoms with E-state index < -0.39 is 0 Å². The molecule has 1 aliphatic carbocycles. The van der Waals surface area contributed by atoms with Crippen LogP contribution in [0.5, 0.6) is 5.75 Å². The number of allylic oxidation sites excluding steroid dienone is 1. The van der Waals surface area contributed by atoms with Crippen LogP contribution in [0.3, 0.4) is 0 Å². The molecule has 0 amide bonds. The summed E-state index contributed by atoms with van der Waals surface area (Å²) in [5, 5.41) is 0. The van der Waals surface area contributed by atoms with Crippen LogP contribution in [0.2, 0.25) is 0 Å². The molecule has 5 nitrogen and oxygen atoms in total. The van der Waals surface area contributed by atoms with Gasteiger partial charge in [0.25, 0.3) is 0 Å². The predicted molar refractivity (Wildman–Crippen MR) is 118 cm³/mol. The molecule has 6 heteroatoms. The van der Waals surface area contributed by atoms with Gasteiger partial charge in [-0.25, -0.2) is 4.98 Å². The number of ether oxygens (including phenoxy) is 1. The van der Waals surface area contributed by atoms with Crippen LogP contribution in [0.25, 0.3) is 11.2 Å². The molecule has 160 valence electrons. The highest BCUT2D eigenvalue weighted by Gasteiger charge is 2.27. The highest BCUT2D eigenvalue weighted by Crippen LogP contribution is 2.36. The molecule has 31 heavy (non-hydrogen) atoms. The average molecular weight is 420 g/mol. The SMILES string of the molecule is COc1ccc2c(c1)CCCC(C=O)=C2c1ccn2cc(CN3CC(CF)C3)nc2c1. The number of imidazole rings is 1. The van der Waals surface area contributed by atoms with Crippen molar-refractivity contribution in [1.29, 1.82) is 0 Å². The molecule has 1 aliphatic heterocycles. The van der Waals surface area contributed by atoms with Gasteiger partial charge in [0, 0.05) is 43.5 Å². The number of hydrogen-bond donors (Lipinski definition) is 0. The van der Waals surface area contributed by atoms with Crippen molar-refractivity contribution in [3.05, 3.63) is 70.7 Å². The van der Waals surface area contributed by atoms with Crippen LogP contribution < -0.4 is 4.74 Å². The predicted octanol–water partition coefficient (Wildman–Crippen LogP) is 4.08. The van der Waals surface area contributed by atoms with Crippen molar-refractivity contribution in [2.75, 3.05) is 26.9 Å². The van der Waals surface area contributed by atoms with Crippen LogP contribution in [0, 0.1) is 5.92 Å². The molecule has 2 aliphatic rings. The molecule has 0 atom stereocenters. The van der Waals surface area contributed by atoms with Crippen LogP contribution in [-0.2, 0) is 17.8 Å². The third-order valence-corrected chi connectivity index (χ3v) is 6.37. The molecule has 0 unspecified atom stereocenters. The molecule has 0 saturated carbocycles. The summed E-state index contributed by atoms with van der Waals surface area (Å²) in [5.41, 5.74) is 6.95. The number of carbonyl (C=O) groups is 1. The van der Waals surface area contributed by atoms with Gasteiger partial charge in [-0.05, 0) is 65.8 Å². The molecule has 2 aromatic heterocycles. The van der Waals surface area contributed by atoms with Crippen LogP contribution in [-0.4, -0.2) is 47.4 Å². The van der Waals surface area contributed by atoms with Crippen molar-refractivity contribution >= 4 is 17.5 Å². The normalized spacial score (nSPS) is 17.4. The number of alkyl halides is 1. The fourth-order valence-electron chi connectivity index (χ4n) is 4.77. The van der Waals surface area contributed by atoms with Gasteiger partial charge in [0.05, 0.1) is 19.5 Å². The van der Waals surface area contributed by atoms with E-state index in [1.54, 1.807) is 7.11 Å². The van der Waals surface area contributed by atoms with E-state index in [9.17, 15) is 9.18 Å². The number of nitrogens with zero attached hydrogens (tertiary/aromatic N) is 3. The second-order valence-electron chi connectivity index (χ2n) is 8.52. The minimum Gasteiger partial charge on any atom is -0.497 e. The number of methoxy groups -OCH3 is 1. The quantitative estimate of drug-likeness (QED) is 0.565. The Morgan fingerprint density at radius 3 is 2.87 bits per heavy atom. The number of aromatic nitrogens is 2. The molecule has 0 N–H and O–H groups in total. The Kier molecular flexibility index (Phi) is 5.32. The van der Waals surface area contributed by atoms with E-state index in [0.717, 1.165) is 84.5 Å². The maximum atomic E-state index is 12.7. The van der Waals surface area contributed by atoms with Gasteiger partial charge < -0.3 is 9.14 Å². The van der Waals surface area contributed by atoms with Crippen LogP contribution >= 0.6 is 0 Å². The Morgan fingerprint density at radius 2 is 2.10 bits per heavy atom. The zero-order valence-electron chi connectivity index (χ0n) is 17.7. The van der Waals surface area contributed by atoms with Gasteiger partial charge in [-0.15, -0.1) is 0 Å². The third-order valence-electron chi connectivity index (χ3n) is 6.37. The first kappa shape index (κ1) is 19.9. The van der Waals surface area contributed by atoms with Crippen LogP contribution in [0.15, 0.2) is 48.3 Å². The molecule has 3 aromatic rings. The third kappa shape index (κ3) is 3.76. The fraction of sp³-hybridized carbons (Fsp3) is 0.360. The highest BCUT2D eigenvalue weighted by atomic mass is 19.1. The number of carbonyl (C=O) groups excluding carboxylic acids is 1. The minimum absolute atomic E-state index is 0.172. The first-order valence-corrected chi connectivity index (χ1v) is 10.8. The number of likely N-dealkylation sites (tertiary alicyclic amines) is 1. The Labute approximate surface area is 181 Å². The maximum absolute atomic E-state index is 12.7. The number of halogens is 1. The Morgan fingerprint density at radius 1 is 1.23 bits per heavy atom. The molecule has 5 rings (SSSR count). The number of pyridine rings is 1. The Balaban J connectivity index is 1.51. The Hall–Kier alpha value is -2.99. The zero-order valence-corrected chi connectivity index (χ0v) is 17.7. The summed E-state index contributed by atoms with van der Waals surface area (Å²) in [6.07, 6.45) is 7.64. The van der Waals surface area contributed by atoms with Gasteiger partial charge in [0.1, 0.15) is 17.7 Å². The maximum Gasteiger partial charge on any atom is 0.146 e. The Bertz CT molecular complexity index is 1160. The van der Waals surface area contributed by atoms with E-state index in [0.29, 0.717) is 0 Å². The number of hydrogen-bond acceptors (Lipinski definition) is 4. The second kappa shape index (κ2) is 8.27. The van der Waals surface area contributed by atoms with Gasteiger partial charge in [-0.2, -0.15) is 0 Å². The lowest BCUT2D eigenvalue weighted by Gasteiger charge is -2.37. The summed E-state index contributed by atoms with van der Waals surface area (Å²) in [7, 11) is 1.67. The molecular formula is C25H26FN3O2. The number of fused-ring (bicyclic) bond motifs is 2. The summed E-state index contributed by atoms with van der Waals surface area (Å²) in [4.78, 5) is 19.0. The lowest BCUT2D eigenvalue weighted by Crippen LogP contribution is -2.46. The fourth-order valence-corrected chi connectivity index (χ4v) is 4.77. The van der Waals surface area contributed by atoms with Crippen LogP contribution in [0.4, 0.5) is 4.39 Å². The van der Waals surface area contributed by atoms with Crippen molar-refractivity contribution in [2.45, 2.75) is 25.8 Å². The standard InChI is InChI=1S/C25H26FN3O2/c1-31-22-5-6-23-18(9-22)3-2-4-20(16-30)25(23)19-7-8-29-15-21(27-24(29)10-19)14-28-12-17(11-26)13-28/h5-10,15-17H,2-4,11-14H2,1H3. The molecule has 0 radical (unpaired) electrons. The molecule has 1 aromatic carbocycles. The van der Waals surface area contributed by atoms with E-state index in [4.69, 9.17) is 9.72 Å². The lowest BCUT2D eigenvalue weighted by molar-refractivity contribution is -0.105. The summed E-state index contributed by atoms with van der Waals surface area (Å²) < 4.78 is 20.1. The van der Waals surface area contributed by atoms with Crippen molar-refractivity contribution < 1.29 is 13.9 Å². The smallest absolute Gasteiger partial charge is 0.146 e.